The van der Waals surface area contributed by atoms with Crippen molar-refractivity contribution in [3.8, 4) is 11.8 Å². The molecule has 1 heterocycles. The van der Waals surface area contributed by atoms with Crippen LogP contribution < -0.4 is 0 Å². The lowest BCUT2D eigenvalue weighted by Crippen LogP contribution is -1.80. The van der Waals surface area contributed by atoms with Crippen LogP contribution in [0.1, 0.15) is 24.1 Å². The SMILES string of the molecule is OCCCCC#Cc1cccs1. The molecule has 0 atom stereocenters. The molecular formula is C10H12OS. The molecule has 0 unspecified atom stereocenters. The van der Waals surface area contributed by atoms with Gasteiger partial charge in [-0.2, -0.15) is 0 Å². The predicted molar refractivity (Wildman–Crippen MR) is 52.1 cm³/mol. The molecular weight excluding hydrogens is 168 g/mol. The fraction of sp³-hybridized carbons (Fsp3) is 0.400. The number of aliphatic hydroxyl groups is 1. The summed E-state index contributed by atoms with van der Waals surface area (Å²) in [6.07, 6.45) is 2.74. The molecule has 64 valence electrons. The highest BCUT2D eigenvalue weighted by molar-refractivity contribution is 7.10. The van der Waals surface area contributed by atoms with Gasteiger partial charge in [0.05, 0.1) is 4.88 Å². The Labute approximate surface area is 77.1 Å². The molecule has 0 aromatic carbocycles. The Morgan fingerprint density at radius 2 is 2.33 bits per heavy atom. The molecule has 1 aromatic rings. The van der Waals surface area contributed by atoms with E-state index in [1.165, 1.54) is 0 Å². The third kappa shape index (κ3) is 3.56. The summed E-state index contributed by atoms with van der Waals surface area (Å²) in [6, 6.07) is 4.02. The topological polar surface area (TPSA) is 20.2 Å². The minimum atomic E-state index is 0.278. The Kier molecular flexibility index (Phi) is 4.51. The summed E-state index contributed by atoms with van der Waals surface area (Å²) in [5, 5.41) is 10.5. The molecule has 1 N–H and O–H groups in total. The van der Waals surface area contributed by atoms with Gasteiger partial charge in [0.2, 0.25) is 0 Å². The third-order valence-electron chi connectivity index (χ3n) is 1.44. The second-order valence-electron chi connectivity index (χ2n) is 2.46. The van der Waals surface area contributed by atoms with Gasteiger partial charge in [-0.25, -0.2) is 0 Å². The van der Waals surface area contributed by atoms with Gasteiger partial charge in [-0.3, -0.25) is 0 Å². The van der Waals surface area contributed by atoms with Crippen LogP contribution in [0.3, 0.4) is 0 Å². The number of rotatable bonds is 3. The molecule has 0 saturated carbocycles. The zero-order valence-electron chi connectivity index (χ0n) is 6.92. The first-order valence-electron chi connectivity index (χ1n) is 4.06. The number of hydrogen-bond acceptors (Lipinski definition) is 2. The van der Waals surface area contributed by atoms with E-state index in [1.54, 1.807) is 11.3 Å². The van der Waals surface area contributed by atoms with Gasteiger partial charge in [0.15, 0.2) is 0 Å². The lowest BCUT2D eigenvalue weighted by molar-refractivity contribution is 0.285. The van der Waals surface area contributed by atoms with Crippen molar-refractivity contribution in [3.63, 3.8) is 0 Å². The van der Waals surface area contributed by atoms with Crippen molar-refractivity contribution >= 4 is 11.3 Å². The summed E-state index contributed by atoms with van der Waals surface area (Å²) >= 11 is 1.66. The van der Waals surface area contributed by atoms with Crippen LogP contribution in [0.15, 0.2) is 17.5 Å². The number of aliphatic hydroxyl groups excluding tert-OH is 1. The molecule has 0 radical (unpaired) electrons. The smallest absolute Gasteiger partial charge is 0.0768 e. The lowest BCUT2D eigenvalue weighted by Gasteiger charge is -1.87. The highest BCUT2D eigenvalue weighted by Gasteiger charge is 1.84. The molecule has 1 nitrogen and oxygen atoms in total. The van der Waals surface area contributed by atoms with Crippen molar-refractivity contribution in [2.24, 2.45) is 0 Å². The maximum Gasteiger partial charge on any atom is 0.0768 e. The minimum absolute atomic E-state index is 0.278. The number of unbranched alkanes of at least 4 members (excludes halogenated alkanes) is 2. The van der Waals surface area contributed by atoms with Gasteiger partial charge >= 0.3 is 0 Å². The van der Waals surface area contributed by atoms with E-state index >= 15 is 0 Å². The van der Waals surface area contributed by atoms with Crippen LogP contribution in [0.25, 0.3) is 0 Å². The summed E-state index contributed by atoms with van der Waals surface area (Å²) in [4.78, 5) is 1.12. The molecule has 0 aliphatic carbocycles. The lowest BCUT2D eigenvalue weighted by atomic mass is 10.2. The zero-order valence-corrected chi connectivity index (χ0v) is 7.73. The quantitative estimate of drug-likeness (QED) is 0.559. The van der Waals surface area contributed by atoms with Crippen LogP contribution in [0.4, 0.5) is 0 Å². The van der Waals surface area contributed by atoms with E-state index < -0.39 is 0 Å². The van der Waals surface area contributed by atoms with Crippen LogP contribution in [-0.4, -0.2) is 11.7 Å². The second kappa shape index (κ2) is 5.82. The average molecular weight is 180 g/mol. The highest BCUT2D eigenvalue weighted by atomic mass is 32.1. The first kappa shape index (κ1) is 9.31. The monoisotopic (exact) mass is 180 g/mol. The zero-order chi connectivity index (χ0) is 8.65. The largest absolute Gasteiger partial charge is 0.396 e. The first-order chi connectivity index (χ1) is 5.93. The van der Waals surface area contributed by atoms with Gasteiger partial charge in [0, 0.05) is 13.0 Å². The Morgan fingerprint density at radius 3 is 3.00 bits per heavy atom. The summed E-state index contributed by atoms with van der Waals surface area (Å²) in [5.41, 5.74) is 0. The maximum atomic E-state index is 8.50. The second-order valence-corrected chi connectivity index (χ2v) is 3.41. The van der Waals surface area contributed by atoms with Crippen molar-refractivity contribution < 1.29 is 5.11 Å². The van der Waals surface area contributed by atoms with E-state index in [-0.39, 0.29) is 6.61 Å². The molecule has 0 aliphatic heterocycles. The van der Waals surface area contributed by atoms with Crippen molar-refractivity contribution in [1.82, 2.24) is 0 Å². The Morgan fingerprint density at radius 1 is 1.42 bits per heavy atom. The van der Waals surface area contributed by atoms with Gasteiger partial charge in [0.25, 0.3) is 0 Å². The van der Waals surface area contributed by atoms with Crippen LogP contribution in [0.5, 0.6) is 0 Å². The van der Waals surface area contributed by atoms with E-state index in [4.69, 9.17) is 5.11 Å². The molecule has 12 heavy (non-hydrogen) atoms. The van der Waals surface area contributed by atoms with Crippen molar-refractivity contribution in [2.45, 2.75) is 19.3 Å². The van der Waals surface area contributed by atoms with Gasteiger partial charge < -0.3 is 5.11 Å². The van der Waals surface area contributed by atoms with Gasteiger partial charge in [-0.15, -0.1) is 11.3 Å². The van der Waals surface area contributed by atoms with Gasteiger partial charge in [-0.05, 0) is 24.3 Å². The molecule has 0 amide bonds. The van der Waals surface area contributed by atoms with Crippen LogP contribution in [0, 0.1) is 11.8 Å². The molecule has 0 aliphatic rings. The van der Waals surface area contributed by atoms with E-state index in [0.717, 1.165) is 24.1 Å². The summed E-state index contributed by atoms with van der Waals surface area (Å²) in [6.45, 7) is 0.278. The average Bonchev–Trinajstić information content (AvgIpc) is 2.57. The first-order valence-corrected chi connectivity index (χ1v) is 4.94. The molecule has 0 spiro atoms. The fourth-order valence-corrected chi connectivity index (χ4v) is 1.42. The van der Waals surface area contributed by atoms with Crippen LogP contribution >= 0.6 is 11.3 Å². The standard InChI is InChI=1S/C10H12OS/c11-8-4-2-1-3-6-10-7-5-9-12-10/h5,7,9,11H,1-2,4,8H2. The molecule has 0 fully saturated rings. The van der Waals surface area contributed by atoms with Crippen molar-refractivity contribution in [2.75, 3.05) is 6.61 Å². The Hall–Kier alpha value is -0.780. The fourth-order valence-electron chi connectivity index (χ4n) is 0.824. The maximum absolute atomic E-state index is 8.50. The summed E-state index contributed by atoms with van der Waals surface area (Å²) < 4.78 is 0. The number of thiophene rings is 1. The van der Waals surface area contributed by atoms with Crippen molar-refractivity contribution in [3.05, 3.63) is 22.4 Å². The molecule has 0 bridgehead atoms. The van der Waals surface area contributed by atoms with Crippen LogP contribution in [-0.2, 0) is 0 Å². The van der Waals surface area contributed by atoms with E-state index in [1.807, 2.05) is 17.5 Å². The third-order valence-corrected chi connectivity index (χ3v) is 2.23. The van der Waals surface area contributed by atoms with Gasteiger partial charge in [-0.1, -0.05) is 17.9 Å². The van der Waals surface area contributed by atoms with Gasteiger partial charge in [0.1, 0.15) is 0 Å². The van der Waals surface area contributed by atoms with E-state index in [9.17, 15) is 0 Å². The van der Waals surface area contributed by atoms with Crippen LogP contribution in [0.2, 0.25) is 0 Å². The number of hydrogen-bond donors (Lipinski definition) is 1. The normalized spacial score (nSPS) is 9.08. The highest BCUT2D eigenvalue weighted by Crippen LogP contribution is 2.05. The summed E-state index contributed by atoms with van der Waals surface area (Å²) in [5.74, 6) is 6.14. The molecule has 0 saturated heterocycles. The van der Waals surface area contributed by atoms with E-state index in [2.05, 4.69) is 11.8 Å². The van der Waals surface area contributed by atoms with Crippen molar-refractivity contribution in [1.29, 1.82) is 0 Å². The molecule has 1 aromatic heterocycles. The Bertz CT molecular complexity index is 253. The Balaban J connectivity index is 2.21. The molecule has 2 heteroatoms. The van der Waals surface area contributed by atoms with E-state index in [0.29, 0.717) is 0 Å². The molecule has 1 rings (SSSR count). The summed E-state index contributed by atoms with van der Waals surface area (Å²) in [7, 11) is 0. The predicted octanol–water partition coefficient (Wildman–Crippen LogP) is 2.26. The minimum Gasteiger partial charge on any atom is -0.396 e.